The Morgan fingerprint density at radius 3 is 2.56 bits per heavy atom. The molecule has 1 aliphatic carbocycles. The Hall–Kier alpha value is -3.91. The van der Waals surface area contributed by atoms with Crippen LogP contribution in [0.15, 0.2) is 47.8 Å². The number of aryl methyl sites for hydroxylation is 1. The van der Waals surface area contributed by atoms with Gasteiger partial charge in [-0.25, -0.2) is 4.79 Å². The molecule has 0 unspecified atom stereocenters. The van der Waals surface area contributed by atoms with Gasteiger partial charge in [0.1, 0.15) is 12.2 Å². The van der Waals surface area contributed by atoms with E-state index >= 15 is 0 Å². The number of piperidine rings is 1. The lowest BCUT2D eigenvalue weighted by Gasteiger charge is -2.33. The molecule has 2 fully saturated rings. The van der Waals surface area contributed by atoms with E-state index in [0.29, 0.717) is 35.2 Å². The first-order valence-corrected chi connectivity index (χ1v) is 14.1. The zero-order valence-electron chi connectivity index (χ0n) is 23.1. The second-order valence-corrected chi connectivity index (χ2v) is 11.7. The molecule has 2 atom stereocenters. The van der Waals surface area contributed by atoms with E-state index in [4.69, 9.17) is 0 Å². The molecule has 4 aromatic rings. The Morgan fingerprint density at radius 2 is 1.93 bits per heavy atom. The molecule has 11 heteroatoms. The number of hydrogen-bond donors (Lipinski definition) is 0. The van der Waals surface area contributed by atoms with Gasteiger partial charge >= 0.3 is 11.9 Å². The summed E-state index contributed by atoms with van der Waals surface area (Å²) in [6, 6.07) is 8.44. The first-order valence-electron chi connectivity index (χ1n) is 14.1. The maximum Gasteiger partial charge on any atom is 0.418 e. The maximum absolute atomic E-state index is 14.3. The van der Waals surface area contributed by atoms with Gasteiger partial charge in [0, 0.05) is 38.4 Å². The monoisotopic (exact) mass is 563 g/mol. The van der Waals surface area contributed by atoms with Crippen LogP contribution >= 0.6 is 0 Å². The zero-order valence-corrected chi connectivity index (χ0v) is 23.1. The highest BCUT2D eigenvalue weighted by Crippen LogP contribution is 2.43. The summed E-state index contributed by atoms with van der Waals surface area (Å²) in [4.78, 5) is 15.9. The number of hydrogen-bond acceptors (Lipinski definition) is 5. The van der Waals surface area contributed by atoms with Crippen molar-refractivity contribution in [2.45, 2.75) is 57.7 Å². The highest BCUT2D eigenvalue weighted by atomic mass is 19.4. The quantitative estimate of drug-likeness (QED) is 0.319. The van der Waals surface area contributed by atoms with Crippen molar-refractivity contribution in [1.82, 2.24) is 28.6 Å². The van der Waals surface area contributed by atoms with Crippen molar-refractivity contribution in [3.05, 3.63) is 81.5 Å². The normalized spacial score (nSPS) is 19.3. The molecule has 0 N–H and O–H groups in total. The van der Waals surface area contributed by atoms with Crippen LogP contribution in [0.4, 0.5) is 13.2 Å². The summed E-state index contributed by atoms with van der Waals surface area (Å²) in [6.07, 6.45) is 4.92. The van der Waals surface area contributed by atoms with Crippen LogP contribution in [-0.2, 0) is 19.8 Å². The Labute approximate surface area is 235 Å². The Bertz CT molecular complexity index is 1690. The fraction of sp³-hybridized carbons (Fsp3) is 0.467. The number of alkyl halides is 3. The Kier molecular flexibility index (Phi) is 6.98. The van der Waals surface area contributed by atoms with Gasteiger partial charge in [-0.3, -0.25) is 13.9 Å². The van der Waals surface area contributed by atoms with Crippen molar-refractivity contribution in [3.63, 3.8) is 0 Å². The predicted molar refractivity (Wildman–Crippen MR) is 147 cm³/mol. The third-order valence-electron chi connectivity index (χ3n) is 8.63. The lowest BCUT2D eigenvalue weighted by Crippen LogP contribution is -2.34. The fourth-order valence-corrected chi connectivity index (χ4v) is 6.43. The number of fused-ring (bicyclic) bond motifs is 1. The molecular formula is C30H32F3N7O. The average Bonchev–Trinajstić information content (AvgIpc) is 3.47. The first-order chi connectivity index (χ1) is 19.6. The molecular weight excluding hydrogens is 531 g/mol. The van der Waals surface area contributed by atoms with Crippen LogP contribution in [0.1, 0.15) is 73.0 Å². The minimum Gasteiger partial charge on any atom is -0.320 e. The number of pyridine rings is 1. The summed E-state index contributed by atoms with van der Waals surface area (Å²) < 4.78 is 47.1. The number of likely N-dealkylation sites (tertiary alicyclic amines) is 1. The lowest BCUT2D eigenvalue weighted by molar-refractivity contribution is -0.136. The van der Waals surface area contributed by atoms with Crippen LogP contribution in [0.5, 0.6) is 0 Å². The number of imidazole rings is 1. The maximum atomic E-state index is 14.3. The molecule has 1 aliphatic heterocycles. The van der Waals surface area contributed by atoms with Crippen molar-refractivity contribution >= 4 is 5.52 Å². The van der Waals surface area contributed by atoms with E-state index in [1.54, 1.807) is 24.5 Å². The number of nitrogens with zero attached hydrogens (tertiary/aromatic N) is 7. The van der Waals surface area contributed by atoms with Crippen LogP contribution < -0.4 is 5.69 Å². The molecule has 0 radical (unpaired) electrons. The highest BCUT2D eigenvalue weighted by Gasteiger charge is 2.36. The lowest BCUT2D eigenvalue weighted by atomic mass is 9.72. The van der Waals surface area contributed by atoms with Gasteiger partial charge in [-0.15, -0.1) is 10.2 Å². The molecule has 0 amide bonds. The van der Waals surface area contributed by atoms with Crippen LogP contribution in [0.2, 0.25) is 0 Å². The molecule has 2 aliphatic rings. The first kappa shape index (κ1) is 27.3. The van der Waals surface area contributed by atoms with Crippen LogP contribution in [0.3, 0.4) is 0 Å². The van der Waals surface area contributed by atoms with Crippen molar-refractivity contribution in [3.8, 4) is 11.8 Å². The molecule has 1 saturated heterocycles. The summed E-state index contributed by atoms with van der Waals surface area (Å²) in [5, 5.41) is 18.2. The van der Waals surface area contributed by atoms with Gasteiger partial charge in [-0.05, 0) is 79.5 Å². The minimum atomic E-state index is -4.64. The van der Waals surface area contributed by atoms with E-state index in [2.05, 4.69) is 28.1 Å². The molecule has 0 spiro atoms. The number of nitriles is 1. The molecule has 1 aromatic carbocycles. The summed E-state index contributed by atoms with van der Waals surface area (Å²) in [5.41, 5.74) is 0.223. The van der Waals surface area contributed by atoms with Gasteiger partial charge in [0.15, 0.2) is 0 Å². The number of aromatic nitrogens is 5. The van der Waals surface area contributed by atoms with Crippen molar-refractivity contribution in [1.29, 1.82) is 5.26 Å². The summed E-state index contributed by atoms with van der Waals surface area (Å²) in [5.74, 6) is 1.37. The van der Waals surface area contributed by atoms with Gasteiger partial charge in [-0.1, -0.05) is 13.3 Å². The van der Waals surface area contributed by atoms with E-state index in [0.717, 1.165) is 67.0 Å². The van der Waals surface area contributed by atoms with Gasteiger partial charge in [-0.2, -0.15) is 18.4 Å². The smallest absolute Gasteiger partial charge is 0.320 e. The fourth-order valence-electron chi connectivity index (χ4n) is 6.43. The van der Waals surface area contributed by atoms with Crippen molar-refractivity contribution < 1.29 is 13.2 Å². The second kappa shape index (κ2) is 10.5. The summed E-state index contributed by atoms with van der Waals surface area (Å²) in [6.45, 7) is 4.12. The van der Waals surface area contributed by atoms with Crippen LogP contribution in [0, 0.1) is 23.2 Å². The SMILES string of the molecule is C[C@H]1CCCN(Cc2cc(C(F)(F)F)c3cn(-c4cc(C#N)cc([C@@H](c5nncn5C)C5CCC5)c4)c(=O)n3c2)C1. The molecule has 214 valence electrons. The van der Waals surface area contributed by atoms with E-state index in [9.17, 15) is 23.2 Å². The van der Waals surface area contributed by atoms with Gasteiger partial charge in [0.25, 0.3) is 0 Å². The second-order valence-electron chi connectivity index (χ2n) is 11.7. The van der Waals surface area contributed by atoms with Crippen molar-refractivity contribution in [2.75, 3.05) is 13.1 Å². The number of rotatable bonds is 6. The molecule has 6 rings (SSSR count). The highest BCUT2D eigenvalue weighted by molar-refractivity contribution is 5.58. The van der Waals surface area contributed by atoms with Crippen molar-refractivity contribution in [2.24, 2.45) is 18.9 Å². The van der Waals surface area contributed by atoms with Crippen LogP contribution in [-0.4, -0.2) is 41.7 Å². The van der Waals surface area contributed by atoms with Gasteiger partial charge < -0.3 is 4.57 Å². The largest absolute Gasteiger partial charge is 0.418 e. The number of benzene rings is 1. The molecule has 1 saturated carbocycles. The third kappa shape index (κ3) is 5.17. The average molecular weight is 564 g/mol. The van der Waals surface area contributed by atoms with E-state index in [1.807, 2.05) is 11.6 Å². The number of halogens is 3. The summed E-state index contributed by atoms with van der Waals surface area (Å²) in [7, 11) is 1.86. The van der Waals surface area contributed by atoms with E-state index in [1.165, 1.54) is 17.0 Å². The zero-order chi connectivity index (χ0) is 28.9. The molecule has 3 aromatic heterocycles. The summed E-state index contributed by atoms with van der Waals surface area (Å²) >= 11 is 0. The topological polar surface area (TPSA) is 84.2 Å². The molecule has 41 heavy (non-hydrogen) atoms. The predicted octanol–water partition coefficient (Wildman–Crippen LogP) is 5.27. The Morgan fingerprint density at radius 1 is 1.12 bits per heavy atom. The molecule has 4 heterocycles. The van der Waals surface area contributed by atoms with Crippen LogP contribution in [0.25, 0.3) is 11.2 Å². The minimum absolute atomic E-state index is 0.152. The van der Waals surface area contributed by atoms with Gasteiger partial charge in [0.05, 0.1) is 28.4 Å². The van der Waals surface area contributed by atoms with E-state index < -0.39 is 17.4 Å². The molecule has 8 nitrogen and oxygen atoms in total. The Balaban J connectivity index is 1.47. The van der Waals surface area contributed by atoms with Gasteiger partial charge in [0.2, 0.25) is 0 Å². The van der Waals surface area contributed by atoms with E-state index in [-0.39, 0.29) is 11.4 Å². The third-order valence-corrected chi connectivity index (χ3v) is 8.63. The standard InChI is InChI=1S/C30H32F3N7O/c1-19-5-4-8-38(14-19)15-21-11-25(30(31,32)33)26-17-39(29(41)40(26)16-21)24-10-20(13-34)9-23(12-24)27(22-6-3-7-22)28-36-35-18-37(28)2/h9-12,16-19,22,27H,3-8,14-15H2,1-2H3/t19-,27-/m0/s1. The molecule has 0 bridgehead atoms.